The number of aromatic nitrogens is 4. The van der Waals surface area contributed by atoms with Gasteiger partial charge in [-0.3, -0.25) is 9.58 Å². The average molecular weight is 456 g/mol. The molecule has 2 saturated heterocycles. The molecule has 3 aliphatic carbocycles. The van der Waals surface area contributed by atoms with E-state index in [-0.39, 0.29) is 17.0 Å². The number of hydrogen-bond donors (Lipinski definition) is 0. The maximum atomic E-state index is 15.4. The van der Waals surface area contributed by atoms with E-state index in [0.29, 0.717) is 24.8 Å². The predicted octanol–water partition coefficient (Wildman–Crippen LogP) is 4.30. The highest BCUT2D eigenvalue weighted by Crippen LogP contribution is 2.62. The number of fused-ring (bicyclic) bond motifs is 1. The van der Waals surface area contributed by atoms with Gasteiger partial charge in [-0.1, -0.05) is 11.6 Å². The van der Waals surface area contributed by atoms with Crippen molar-refractivity contribution in [3.63, 3.8) is 0 Å². The molecule has 1 aromatic carbocycles. The Bertz CT molecular complexity index is 1200. The number of nitrogens with zero attached hydrogens (tertiary/aromatic N) is 5. The van der Waals surface area contributed by atoms with E-state index in [4.69, 9.17) is 16.3 Å². The molecule has 0 radical (unpaired) electrons. The molecule has 0 amide bonds. The van der Waals surface area contributed by atoms with Crippen molar-refractivity contribution in [1.82, 2.24) is 24.5 Å². The smallest absolute Gasteiger partial charge is 0.120 e. The van der Waals surface area contributed by atoms with Gasteiger partial charge in [0.2, 0.25) is 0 Å². The molecule has 5 fully saturated rings. The first kappa shape index (κ1) is 19.5. The molecular formula is C24H27ClFN5O. The summed E-state index contributed by atoms with van der Waals surface area (Å²) in [5.74, 6) is 0.692. The summed E-state index contributed by atoms with van der Waals surface area (Å²) in [6.45, 7) is 4.81. The van der Waals surface area contributed by atoms with Gasteiger partial charge in [-0.25, -0.2) is 9.07 Å². The molecule has 3 aromatic rings. The highest BCUT2D eigenvalue weighted by atomic mass is 35.5. The molecule has 0 N–H and O–H groups in total. The van der Waals surface area contributed by atoms with Crippen molar-refractivity contribution in [3.8, 4) is 5.69 Å². The lowest BCUT2D eigenvalue weighted by Gasteiger charge is -2.61. The molecule has 2 bridgehead atoms. The van der Waals surface area contributed by atoms with E-state index in [2.05, 4.69) is 32.9 Å². The van der Waals surface area contributed by atoms with Crippen LogP contribution in [0, 0.1) is 5.92 Å². The van der Waals surface area contributed by atoms with E-state index in [1.807, 2.05) is 29.2 Å². The van der Waals surface area contributed by atoms with Crippen molar-refractivity contribution in [2.24, 2.45) is 5.92 Å². The number of halogens is 2. The molecule has 5 aliphatic rings. The van der Waals surface area contributed by atoms with Crippen LogP contribution in [0.3, 0.4) is 0 Å². The van der Waals surface area contributed by atoms with Gasteiger partial charge in [0.05, 0.1) is 48.4 Å². The van der Waals surface area contributed by atoms with E-state index >= 15 is 4.39 Å². The topological polar surface area (TPSA) is 48.1 Å². The normalized spacial score (nSPS) is 33.5. The second-order valence-corrected chi connectivity index (χ2v) is 11.1. The van der Waals surface area contributed by atoms with Crippen LogP contribution in [0.15, 0.2) is 30.7 Å². The van der Waals surface area contributed by atoms with Crippen LogP contribution in [0.1, 0.15) is 44.1 Å². The summed E-state index contributed by atoms with van der Waals surface area (Å²) in [4.78, 5) is 2.24. The fraction of sp³-hybridized carbons (Fsp3) is 0.583. The first-order chi connectivity index (χ1) is 15.4. The minimum atomic E-state index is -0.959. The van der Waals surface area contributed by atoms with E-state index in [1.165, 1.54) is 19.3 Å². The minimum Gasteiger partial charge on any atom is -0.377 e. The zero-order chi connectivity index (χ0) is 21.7. The highest BCUT2D eigenvalue weighted by Gasteiger charge is 2.58. The van der Waals surface area contributed by atoms with Gasteiger partial charge in [-0.15, -0.1) is 0 Å². The predicted molar refractivity (Wildman–Crippen MR) is 120 cm³/mol. The maximum Gasteiger partial charge on any atom is 0.120 e. The third-order valence-corrected chi connectivity index (χ3v) is 8.85. The molecule has 3 saturated carbocycles. The standard InChI is InChI=1S/C24H27ClFN5O/c1-23(13-32-14-23)29-3-2-18(21(26)12-29)19-5-22-16(4-20(19)25)9-28-31(22)17-10-27-30(11-17)24-6-15(7-24)8-24/h4-5,9-11,15,18,21H,2-3,6-8,12-14H2,1H3/t15?,18?,21-,24?/m1/s1. The van der Waals surface area contributed by atoms with Gasteiger partial charge < -0.3 is 4.74 Å². The molecule has 2 aliphatic heterocycles. The van der Waals surface area contributed by atoms with Gasteiger partial charge in [0.15, 0.2) is 0 Å². The highest BCUT2D eigenvalue weighted by molar-refractivity contribution is 6.32. The van der Waals surface area contributed by atoms with E-state index < -0.39 is 6.17 Å². The summed E-state index contributed by atoms with van der Waals surface area (Å²) in [6, 6.07) is 3.98. The van der Waals surface area contributed by atoms with Gasteiger partial charge in [0.25, 0.3) is 0 Å². The Labute approximate surface area is 191 Å². The third-order valence-electron chi connectivity index (χ3n) is 8.52. The quantitative estimate of drug-likeness (QED) is 0.588. The van der Waals surface area contributed by atoms with Gasteiger partial charge >= 0.3 is 0 Å². The van der Waals surface area contributed by atoms with E-state index in [9.17, 15) is 0 Å². The summed E-state index contributed by atoms with van der Waals surface area (Å²) >= 11 is 6.66. The second-order valence-electron chi connectivity index (χ2n) is 10.7. The van der Waals surface area contributed by atoms with Crippen molar-refractivity contribution in [1.29, 1.82) is 0 Å². The fourth-order valence-corrected chi connectivity index (χ4v) is 6.59. The number of hydrogen-bond acceptors (Lipinski definition) is 4. The Kier molecular flexibility index (Phi) is 3.99. The summed E-state index contributed by atoms with van der Waals surface area (Å²) in [7, 11) is 0. The largest absolute Gasteiger partial charge is 0.377 e. The Hall–Kier alpha value is -1.96. The molecule has 8 rings (SSSR count). The van der Waals surface area contributed by atoms with Crippen LogP contribution in [-0.4, -0.2) is 62.5 Å². The van der Waals surface area contributed by atoms with Crippen LogP contribution >= 0.6 is 11.6 Å². The van der Waals surface area contributed by atoms with Crippen molar-refractivity contribution >= 4 is 22.5 Å². The molecular weight excluding hydrogens is 429 g/mol. The molecule has 2 atom stereocenters. The van der Waals surface area contributed by atoms with Gasteiger partial charge in [0.1, 0.15) is 11.9 Å². The van der Waals surface area contributed by atoms with E-state index in [0.717, 1.165) is 41.0 Å². The molecule has 6 nitrogen and oxygen atoms in total. The van der Waals surface area contributed by atoms with Crippen molar-refractivity contribution in [2.75, 3.05) is 26.3 Å². The third kappa shape index (κ3) is 2.65. The number of rotatable bonds is 4. The first-order valence-electron chi connectivity index (χ1n) is 11.6. The average Bonchev–Trinajstić information content (AvgIpc) is 3.30. The summed E-state index contributed by atoms with van der Waals surface area (Å²) in [5, 5.41) is 10.9. The van der Waals surface area contributed by atoms with Crippen LogP contribution in [0.2, 0.25) is 5.02 Å². The van der Waals surface area contributed by atoms with Gasteiger partial charge in [-0.2, -0.15) is 10.2 Å². The van der Waals surface area contributed by atoms with Crippen LogP contribution < -0.4 is 0 Å². The minimum absolute atomic E-state index is 0.0256. The van der Waals surface area contributed by atoms with Crippen LogP contribution in [-0.2, 0) is 10.3 Å². The zero-order valence-electron chi connectivity index (χ0n) is 18.2. The molecule has 4 heterocycles. The van der Waals surface area contributed by atoms with Crippen molar-refractivity contribution < 1.29 is 9.13 Å². The monoisotopic (exact) mass is 455 g/mol. The number of benzene rings is 1. The maximum absolute atomic E-state index is 15.4. The van der Waals surface area contributed by atoms with Crippen molar-refractivity contribution in [2.45, 2.75) is 55.8 Å². The van der Waals surface area contributed by atoms with Crippen LogP contribution in [0.25, 0.3) is 16.6 Å². The molecule has 1 unspecified atom stereocenters. The molecule has 8 heteroatoms. The van der Waals surface area contributed by atoms with Gasteiger partial charge in [0, 0.05) is 22.9 Å². The zero-order valence-corrected chi connectivity index (χ0v) is 18.9. The Morgan fingerprint density at radius 3 is 2.62 bits per heavy atom. The second kappa shape index (κ2) is 6.55. The van der Waals surface area contributed by atoms with E-state index in [1.54, 1.807) is 0 Å². The lowest BCUT2D eigenvalue weighted by molar-refractivity contribution is -0.143. The number of ether oxygens (including phenoxy) is 1. The summed E-state index contributed by atoms with van der Waals surface area (Å²) < 4.78 is 24.8. The molecule has 168 valence electrons. The fourth-order valence-electron chi connectivity index (χ4n) is 6.27. The molecule has 32 heavy (non-hydrogen) atoms. The Morgan fingerprint density at radius 1 is 1.16 bits per heavy atom. The van der Waals surface area contributed by atoms with Crippen LogP contribution in [0.4, 0.5) is 4.39 Å². The lowest BCUT2D eigenvalue weighted by atomic mass is 9.50. The molecule has 2 aromatic heterocycles. The summed E-state index contributed by atoms with van der Waals surface area (Å²) in [5.41, 5.74) is 3.01. The SMILES string of the molecule is CC1(N2CCC(c3cc4c(cnn4-c4cnn(C56CC(C5)C6)c4)cc3Cl)[C@H](F)C2)COC1. The van der Waals surface area contributed by atoms with Crippen molar-refractivity contribution in [3.05, 3.63) is 41.3 Å². The Morgan fingerprint density at radius 2 is 1.97 bits per heavy atom. The summed E-state index contributed by atoms with van der Waals surface area (Å²) in [6.07, 6.45) is 9.35. The number of likely N-dealkylation sites (tertiary alicyclic amines) is 1. The molecule has 0 spiro atoms. The first-order valence-corrected chi connectivity index (χ1v) is 12.0. The van der Waals surface area contributed by atoms with Gasteiger partial charge in [-0.05, 0) is 62.8 Å². The lowest BCUT2D eigenvalue weighted by Crippen LogP contribution is -2.63. The Balaban J connectivity index is 1.20. The number of alkyl halides is 1. The number of piperidine rings is 1. The van der Waals surface area contributed by atoms with Crippen LogP contribution in [0.5, 0.6) is 0 Å².